The van der Waals surface area contributed by atoms with Gasteiger partial charge < -0.3 is 14.7 Å². The van der Waals surface area contributed by atoms with Crippen molar-refractivity contribution < 1.29 is 19.4 Å². The molecule has 1 aliphatic rings. The number of rotatable bonds is 5. The molecule has 0 aromatic rings. The molecule has 1 unspecified atom stereocenters. The van der Waals surface area contributed by atoms with Gasteiger partial charge in [-0.25, -0.2) is 4.79 Å². The summed E-state index contributed by atoms with van der Waals surface area (Å²) in [5, 5.41) is 9.51. The average Bonchev–Trinajstić information content (AvgIpc) is 2.73. The standard InChI is InChI=1S/C14H25NO4S/c1-13(2,3)19-12(18)15-8-7-14(10-15,11(16)17)6-5-9-20-4/h5-10H2,1-4H3,(H,16,17). The molecule has 116 valence electrons. The van der Waals surface area contributed by atoms with Crippen LogP contribution in [0.15, 0.2) is 0 Å². The lowest BCUT2D eigenvalue weighted by molar-refractivity contribution is -0.148. The van der Waals surface area contributed by atoms with E-state index in [0.717, 1.165) is 12.2 Å². The number of hydrogen-bond donors (Lipinski definition) is 1. The van der Waals surface area contributed by atoms with E-state index in [4.69, 9.17) is 4.74 Å². The Kier molecular flexibility index (Phi) is 5.74. The second kappa shape index (κ2) is 6.70. The zero-order chi connectivity index (χ0) is 15.4. The fourth-order valence-corrected chi connectivity index (χ4v) is 2.83. The van der Waals surface area contributed by atoms with Crippen LogP contribution in [0.25, 0.3) is 0 Å². The van der Waals surface area contributed by atoms with Gasteiger partial charge in [-0.2, -0.15) is 11.8 Å². The normalized spacial score (nSPS) is 22.9. The van der Waals surface area contributed by atoms with E-state index in [0.29, 0.717) is 19.4 Å². The molecule has 0 saturated carbocycles. The van der Waals surface area contributed by atoms with Gasteiger partial charge in [-0.15, -0.1) is 0 Å². The van der Waals surface area contributed by atoms with Crippen LogP contribution in [0.1, 0.15) is 40.0 Å². The van der Waals surface area contributed by atoms with Crippen molar-refractivity contribution in [3.05, 3.63) is 0 Å². The van der Waals surface area contributed by atoms with Crippen LogP contribution in [-0.2, 0) is 9.53 Å². The van der Waals surface area contributed by atoms with E-state index in [1.165, 1.54) is 4.90 Å². The number of likely N-dealkylation sites (tertiary alicyclic amines) is 1. The number of ether oxygens (including phenoxy) is 1. The van der Waals surface area contributed by atoms with Crippen LogP contribution in [0.4, 0.5) is 4.79 Å². The predicted octanol–water partition coefficient (Wildman–Crippen LogP) is 2.84. The van der Waals surface area contributed by atoms with Gasteiger partial charge in [0, 0.05) is 13.1 Å². The molecule has 1 heterocycles. The van der Waals surface area contributed by atoms with Crippen LogP contribution in [0.2, 0.25) is 0 Å². The van der Waals surface area contributed by atoms with Gasteiger partial charge in [0.05, 0.1) is 5.41 Å². The first-order chi connectivity index (χ1) is 9.20. The van der Waals surface area contributed by atoms with Gasteiger partial charge in [0.1, 0.15) is 5.60 Å². The minimum absolute atomic E-state index is 0.256. The molecule has 1 amide bonds. The molecule has 5 nitrogen and oxygen atoms in total. The van der Waals surface area contributed by atoms with Gasteiger partial charge in [0.25, 0.3) is 0 Å². The van der Waals surface area contributed by atoms with Gasteiger partial charge in [0.2, 0.25) is 0 Å². The Labute approximate surface area is 125 Å². The van der Waals surface area contributed by atoms with E-state index >= 15 is 0 Å². The van der Waals surface area contributed by atoms with Crippen LogP contribution in [-0.4, -0.2) is 52.8 Å². The van der Waals surface area contributed by atoms with E-state index in [1.54, 1.807) is 11.8 Å². The first-order valence-corrected chi connectivity index (χ1v) is 8.30. The van der Waals surface area contributed by atoms with Gasteiger partial charge in [-0.3, -0.25) is 4.79 Å². The third kappa shape index (κ3) is 4.58. The van der Waals surface area contributed by atoms with E-state index in [1.807, 2.05) is 27.0 Å². The number of amides is 1. The Morgan fingerprint density at radius 3 is 2.55 bits per heavy atom. The number of carbonyl (C=O) groups excluding carboxylic acids is 1. The van der Waals surface area contributed by atoms with Crippen molar-refractivity contribution in [2.24, 2.45) is 5.41 Å². The van der Waals surface area contributed by atoms with E-state index < -0.39 is 23.1 Å². The summed E-state index contributed by atoms with van der Waals surface area (Å²) in [5.74, 6) is 0.145. The number of thioether (sulfide) groups is 1. The highest BCUT2D eigenvalue weighted by Crippen LogP contribution is 2.36. The topological polar surface area (TPSA) is 66.8 Å². The van der Waals surface area contributed by atoms with Crippen molar-refractivity contribution >= 4 is 23.8 Å². The summed E-state index contributed by atoms with van der Waals surface area (Å²) in [5.41, 5.74) is -1.35. The Balaban J connectivity index is 2.65. The summed E-state index contributed by atoms with van der Waals surface area (Å²) in [6, 6.07) is 0. The quantitative estimate of drug-likeness (QED) is 0.791. The molecule has 0 radical (unpaired) electrons. The second-order valence-electron chi connectivity index (χ2n) is 6.33. The SMILES string of the molecule is CSCCCC1(C(=O)O)CCN(C(=O)OC(C)(C)C)C1. The smallest absolute Gasteiger partial charge is 0.410 e. The molecule has 0 aliphatic carbocycles. The third-order valence-electron chi connectivity index (χ3n) is 3.46. The monoisotopic (exact) mass is 303 g/mol. The van der Waals surface area contributed by atoms with Gasteiger partial charge >= 0.3 is 12.1 Å². The molecule has 1 N–H and O–H groups in total. The number of hydrogen-bond acceptors (Lipinski definition) is 4. The molecule has 1 rings (SSSR count). The molecule has 0 bridgehead atoms. The van der Waals surface area contributed by atoms with Crippen LogP contribution in [0.5, 0.6) is 0 Å². The fourth-order valence-electron chi connectivity index (χ4n) is 2.40. The first kappa shape index (κ1) is 17.1. The summed E-state index contributed by atoms with van der Waals surface area (Å²) in [6.07, 6.45) is 3.58. The molecule has 1 fully saturated rings. The fraction of sp³-hybridized carbons (Fsp3) is 0.857. The molecule has 0 aromatic carbocycles. The second-order valence-corrected chi connectivity index (χ2v) is 7.32. The van der Waals surface area contributed by atoms with Crippen molar-refractivity contribution in [1.82, 2.24) is 4.90 Å². The molecular weight excluding hydrogens is 278 g/mol. The predicted molar refractivity (Wildman–Crippen MR) is 80.1 cm³/mol. The lowest BCUT2D eigenvalue weighted by atomic mass is 9.83. The van der Waals surface area contributed by atoms with Gasteiger partial charge in [0.15, 0.2) is 0 Å². The summed E-state index contributed by atoms with van der Waals surface area (Å²) >= 11 is 1.71. The molecule has 1 atom stereocenters. The van der Waals surface area contributed by atoms with Crippen molar-refractivity contribution in [3.8, 4) is 0 Å². The largest absolute Gasteiger partial charge is 0.481 e. The molecule has 0 aromatic heterocycles. The first-order valence-electron chi connectivity index (χ1n) is 6.90. The third-order valence-corrected chi connectivity index (χ3v) is 4.16. The minimum atomic E-state index is -0.801. The lowest BCUT2D eigenvalue weighted by Crippen LogP contribution is -2.39. The molecule has 1 saturated heterocycles. The highest BCUT2D eigenvalue weighted by atomic mass is 32.2. The highest BCUT2D eigenvalue weighted by molar-refractivity contribution is 7.98. The summed E-state index contributed by atoms with van der Waals surface area (Å²) in [4.78, 5) is 25.1. The molecule has 20 heavy (non-hydrogen) atoms. The molecule has 6 heteroatoms. The average molecular weight is 303 g/mol. The maximum absolute atomic E-state index is 12.0. The number of carboxylic acid groups (broad SMARTS) is 1. The Morgan fingerprint density at radius 1 is 1.40 bits per heavy atom. The lowest BCUT2D eigenvalue weighted by Gasteiger charge is -2.27. The molecular formula is C14H25NO4S. The van der Waals surface area contributed by atoms with Crippen molar-refractivity contribution in [3.63, 3.8) is 0 Å². The van der Waals surface area contributed by atoms with Crippen LogP contribution in [0, 0.1) is 5.41 Å². The van der Waals surface area contributed by atoms with Crippen LogP contribution in [0.3, 0.4) is 0 Å². The maximum Gasteiger partial charge on any atom is 0.410 e. The number of aliphatic carboxylic acids is 1. The summed E-state index contributed by atoms with van der Waals surface area (Å²) in [7, 11) is 0. The number of carboxylic acids is 1. The van der Waals surface area contributed by atoms with Crippen molar-refractivity contribution in [1.29, 1.82) is 0 Å². The Morgan fingerprint density at radius 2 is 2.05 bits per heavy atom. The zero-order valence-electron chi connectivity index (χ0n) is 12.8. The Bertz CT molecular complexity index is 367. The minimum Gasteiger partial charge on any atom is -0.481 e. The zero-order valence-corrected chi connectivity index (χ0v) is 13.6. The number of carbonyl (C=O) groups is 2. The summed E-state index contributed by atoms with van der Waals surface area (Å²) < 4.78 is 5.31. The van der Waals surface area contributed by atoms with Crippen LogP contribution >= 0.6 is 11.8 Å². The molecule has 0 spiro atoms. The van der Waals surface area contributed by atoms with E-state index in [-0.39, 0.29) is 6.54 Å². The van der Waals surface area contributed by atoms with E-state index in [9.17, 15) is 14.7 Å². The molecule has 1 aliphatic heterocycles. The number of nitrogens with zero attached hydrogens (tertiary/aromatic N) is 1. The van der Waals surface area contributed by atoms with Crippen molar-refractivity contribution in [2.75, 3.05) is 25.1 Å². The van der Waals surface area contributed by atoms with Crippen molar-refractivity contribution in [2.45, 2.75) is 45.6 Å². The highest BCUT2D eigenvalue weighted by Gasteiger charge is 2.46. The van der Waals surface area contributed by atoms with E-state index in [2.05, 4.69) is 0 Å². The van der Waals surface area contributed by atoms with Crippen LogP contribution < -0.4 is 0 Å². The van der Waals surface area contributed by atoms with Gasteiger partial charge in [-0.05, 0) is 52.0 Å². The Hall–Kier alpha value is -0.910. The maximum atomic E-state index is 12.0. The summed E-state index contributed by atoms with van der Waals surface area (Å²) in [6.45, 7) is 6.14. The van der Waals surface area contributed by atoms with Gasteiger partial charge in [-0.1, -0.05) is 0 Å².